The zero-order chi connectivity index (χ0) is 10.1. The second-order valence-electron chi connectivity index (χ2n) is 3.37. The number of hydrogen-bond acceptors (Lipinski definition) is 1. The average Bonchev–Trinajstić information content (AvgIpc) is 2.46. The van der Waals surface area contributed by atoms with Crippen LogP contribution in [0.15, 0.2) is 28.9 Å². The Bertz CT molecular complexity index is 462. The number of aryl methyl sites for hydroxylation is 1. The summed E-state index contributed by atoms with van der Waals surface area (Å²) in [6.45, 7) is 0.195. The molecule has 0 spiro atoms. The number of aliphatic hydroxyl groups excluding tert-OH is 1. The van der Waals surface area contributed by atoms with E-state index in [-0.39, 0.29) is 6.61 Å². The Morgan fingerprint density at radius 1 is 1.43 bits per heavy atom. The molecular weight excluding hydrogens is 242 g/mol. The maximum Gasteiger partial charge on any atom is 0.0492 e. The second kappa shape index (κ2) is 3.75. The molecule has 1 heterocycles. The molecule has 1 aromatic carbocycles. The number of fused-ring (bicyclic) bond motifs is 1. The van der Waals surface area contributed by atoms with Crippen molar-refractivity contribution in [2.75, 3.05) is 6.61 Å². The van der Waals surface area contributed by atoms with Gasteiger partial charge in [0.05, 0.1) is 0 Å². The van der Waals surface area contributed by atoms with E-state index in [1.807, 2.05) is 19.2 Å². The highest BCUT2D eigenvalue weighted by Gasteiger charge is 2.08. The summed E-state index contributed by atoms with van der Waals surface area (Å²) in [6, 6.07) is 6.14. The fraction of sp³-hybridized carbons (Fsp3) is 0.273. The smallest absolute Gasteiger partial charge is 0.0492 e. The van der Waals surface area contributed by atoms with Gasteiger partial charge in [0.25, 0.3) is 0 Å². The minimum atomic E-state index is 0.195. The SMILES string of the molecule is Cn1cc(CCO)c2c(Br)cccc21. The molecule has 2 rings (SSSR count). The Hall–Kier alpha value is -0.800. The van der Waals surface area contributed by atoms with Crippen molar-refractivity contribution >= 4 is 26.8 Å². The molecule has 0 bridgehead atoms. The number of hydrogen-bond donors (Lipinski definition) is 1. The minimum Gasteiger partial charge on any atom is -0.396 e. The molecule has 0 aliphatic carbocycles. The van der Waals surface area contributed by atoms with E-state index in [0.29, 0.717) is 6.42 Å². The third-order valence-corrected chi connectivity index (χ3v) is 3.08. The molecule has 0 saturated carbocycles. The standard InChI is InChI=1S/C11H12BrNO/c1-13-7-8(5-6-14)11-9(12)3-2-4-10(11)13/h2-4,7,14H,5-6H2,1H3. The molecule has 2 aromatic rings. The van der Waals surface area contributed by atoms with E-state index in [4.69, 9.17) is 5.11 Å². The molecule has 0 aliphatic heterocycles. The van der Waals surface area contributed by atoms with Crippen molar-refractivity contribution in [3.63, 3.8) is 0 Å². The van der Waals surface area contributed by atoms with E-state index in [1.165, 1.54) is 16.5 Å². The molecule has 1 aromatic heterocycles. The van der Waals surface area contributed by atoms with Gasteiger partial charge in [-0.25, -0.2) is 0 Å². The molecule has 1 N–H and O–H groups in total. The lowest BCUT2D eigenvalue weighted by molar-refractivity contribution is 0.300. The largest absolute Gasteiger partial charge is 0.396 e. The summed E-state index contributed by atoms with van der Waals surface area (Å²) in [6.07, 6.45) is 2.78. The van der Waals surface area contributed by atoms with Crippen molar-refractivity contribution in [1.82, 2.24) is 4.57 Å². The van der Waals surface area contributed by atoms with Gasteiger partial charge >= 0.3 is 0 Å². The van der Waals surface area contributed by atoms with E-state index >= 15 is 0 Å². The molecule has 74 valence electrons. The molecule has 0 aliphatic rings. The molecule has 2 nitrogen and oxygen atoms in total. The minimum absolute atomic E-state index is 0.195. The summed E-state index contributed by atoms with van der Waals surface area (Å²) in [5.41, 5.74) is 2.39. The van der Waals surface area contributed by atoms with Gasteiger partial charge in [-0.2, -0.15) is 0 Å². The van der Waals surface area contributed by atoms with E-state index in [1.54, 1.807) is 0 Å². The van der Waals surface area contributed by atoms with Gasteiger partial charge in [0.15, 0.2) is 0 Å². The summed E-state index contributed by atoms with van der Waals surface area (Å²) >= 11 is 3.54. The fourth-order valence-corrected chi connectivity index (χ4v) is 2.41. The highest BCUT2D eigenvalue weighted by molar-refractivity contribution is 9.10. The van der Waals surface area contributed by atoms with Crippen molar-refractivity contribution in [3.8, 4) is 0 Å². The Labute approximate surface area is 91.3 Å². The predicted octanol–water partition coefficient (Wildman–Crippen LogP) is 2.48. The molecule has 0 atom stereocenters. The number of nitrogens with zero attached hydrogens (tertiary/aromatic N) is 1. The topological polar surface area (TPSA) is 25.2 Å². The first-order valence-electron chi connectivity index (χ1n) is 4.57. The summed E-state index contributed by atoms with van der Waals surface area (Å²) in [5.74, 6) is 0. The van der Waals surface area contributed by atoms with E-state index in [0.717, 1.165) is 4.47 Å². The molecule has 0 amide bonds. The van der Waals surface area contributed by atoms with Crippen molar-refractivity contribution in [1.29, 1.82) is 0 Å². The Morgan fingerprint density at radius 3 is 2.93 bits per heavy atom. The normalized spacial score (nSPS) is 11.1. The van der Waals surface area contributed by atoms with Gasteiger partial charge in [0.2, 0.25) is 0 Å². The van der Waals surface area contributed by atoms with Crippen LogP contribution in [-0.4, -0.2) is 16.3 Å². The summed E-state index contributed by atoms with van der Waals surface area (Å²) in [7, 11) is 2.02. The van der Waals surface area contributed by atoms with Gasteiger partial charge in [-0.1, -0.05) is 22.0 Å². The van der Waals surface area contributed by atoms with Crippen LogP contribution < -0.4 is 0 Å². The Balaban J connectivity index is 2.72. The fourth-order valence-electron chi connectivity index (χ4n) is 1.80. The summed E-state index contributed by atoms with van der Waals surface area (Å²) < 4.78 is 3.18. The second-order valence-corrected chi connectivity index (χ2v) is 4.23. The van der Waals surface area contributed by atoms with Crippen LogP contribution in [-0.2, 0) is 13.5 Å². The van der Waals surface area contributed by atoms with Crippen LogP contribution in [0.25, 0.3) is 10.9 Å². The zero-order valence-corrected chi connectivity index (χ0v) is 9.58. The lowest BCUT2D eigenvalue weighted by Crippen LogP contribution is -1.88. The quantitative estimate of drug-likeness (QED) is 0.875. The Kier molecular flexibility index (Phi) is 2.61. The lowest BCUT2D eigenvalue weighted by atomic mass is 10.1. The van der Waals surface area contributed by atoms with Crippen molar-refractivity contribution in [2.24, 2.45) is 7.05 Å². The van der Waals surface area contributed by atoms with Crippen molar-refractivity contribution in [3.05, 3.63) is 34.4 Å². The molecule has 0 fully saturated rings. The van der Waals surface area contributed by atoms with Gasteiger partial charge in [-0.15, -0.1) is 0 Å². The van der Waals surface area contributed by atoms with Gasteiger partial charge in [-0.3, -0.25) is 0 Å². The van der Waals surface area contributed by atoms with E-state index in [9.17, 15) is 0 Å². The zero-order valence-electron chi connectivity index (χ0n) is 8.00. The average molecular weight is 254 g/mol. The predicted molar refractivity (Wildman–Crippen MR) is 61.4 cm³/mol. The lowest BCUT2D eigenvalue weighted by Gasteiger charge is -1.98. The maximum atomic E-state index is 8.95. The highest BCUT2D eigenvalue weighted by Crippen LogP contribution is 2.28. The van der Waals surface area contributed by atoms with Crippen LogP contribution in [0.4, 0.5) is 0 Å². The first kappa shape index (κ1) is 9.74. The third-order valence-electron chi connectivity index (χ3n) is 2.42. The summed E-state index contributed by atoms with van der Waals surface area (Å²) in [5, 5.41) is 10.2. The number of aliphatic hydroxyl groups is 1. The monoisotopic (exact) mass is 253 g/mol. The van der Waals surface area contributed by atoms with Crippen LogP contribution in [0.2, 0.25) is 0 Å². The maximum absolute atomic E-state index is 8.95. The van der Waals surface area contributed by atoms with E-state index < -0.39 is 0 Å². The molecular formula is C11H12BrNO. The Morgan fingerprint density at radius 2 is 2.21 bits per heavy atom. The van der Waals surface area contributed by atoms with Crippen LogP contribution in [0.1, 0.15) is 5.56 Å². The van der Waals surface area contributed by atoms with Crippen molar-refractivity contribution in [2.45, 2.75) is 6.42 Å². The van der Waals surface area contributed by atoms with Crippen molar-refractivity contribution < 1.29 is 5.11 Å². The molecule has 14 heavy (non-hydrogen) atoms. The van der Waals surface area contributed by atoms with Crippen LogP contribution in [0, 0.1) is 0 Å². The third kappa shape index (κ3) is 1.47. The number of halogens is 1. The van der Waals surface area contributed by atoms with E-state index in [2.05, 4.69) is 32.8 Å². The first-order valence-corrected chi connectivity index (χ1v) is 5.36. The molecule has 3 heteroatoms. The van der Waals surface area contributed by atoms with Crippen LogP contribution in [0.3, 0.4) is 0 Å². The number of rotatable bonds is 2. The molecule has 0 unspecified atom stereocenters. The number of aromatic nitrogens is 1. The first-order chi connectivity index (χ1) is 6.74. The van der Waals surface area contributed by atoms with Gasteiger partial charge in [0, 0.05) is 35.2 Å². The highest BCUT2D eigenvalue weighted by atomic mass is 79.9. The summed E-state index contributed by atoms with van der Waals surface area (Å²) in [4.78, 5) is 0. The van der Waals surface area contributed by atoms with Crippen LogP contribution in [0.5, 0.6) is 0 Å². The van der Waals surface area contributed by atoms with Gasteiger partial charge in [0.1, 0.15) is 0 Å². The van der Waals surface area contributed by atoms with Gasteiger partial charge in [-0.05, 0) is 24.1 Å². The molecule has 0 radical (unpaired) electrons. The van der Waals surface area contributed by atoms with Crippen LogP contribution >= 0.6 is 15.9 Å². The van der Waals surface area contributed by atoms with Gasteiger partial charge < -0.3 is 9.67 Å². The number of benzene rings is 1. The molecule has 0 saturated heterocycles.